The lowest BCUT2D eigenvalue weighted by Crippen LogP contribution is -2.03. The molecule has 2 N–H and O–H groups in total. The first kappa shape index (κ1) is 12.7. The highest BCUT2D eigenvalue weighted by Gasteiger charge is 2.08. The fourth-order valence-electron chi connectivity index (χ4n) is 1.40. The van der Waals surface area contributed by atoms with Crippen molar-refractivity contribution < 1.29 is 4.21 Å². The molecule has 1 aromatic rings. The summed E-state index contributed by atoms with van der Waals surface area (Å²) in [6.45, 7) is 1.91. The molecule has 0 radical (unpaired) electrons. The van der Waals surface area contributed by atoms with Crippen LogP contribution in [0.2, 0.25) is 0 Å². The molecule has 0 amide bonds. The molecule has 4 heteroatoms. The van der Waals surface area contributed by atoms with Crippen molar-refractivity contribution in [3.05, 3.63) is 23.8 Å². The fourth-order valence-corrected chi connectivity index (χ4v) is 2.72. The molecule has 0 aliphatic rings. The standard InChI is InChI=1S/C12H16N2OS/c1-10-6-5-7-11(12(10)14)16(15)9-4-2-3-8-13/h5-7H,2-4,9,14H2,1H3. The van der Waals surface area contributed by atoms with Gasteiger partial charge in [0.25, 0.3) is 0 Å². The molecule has 1 aromatic carbocycles. The van der Waals surface area contributed by atoms with Crippen LogP contribution < -0.4 is 5.73 Å². The number of aryl methyl sites for hydroxylation is 1. The summed E-state index contributed by atoms with van der Waals surface area (Å²) >= 11 is 0. The summed E-state index contributed by atoms with van der Waals surface area (Å²) in [7, 11) is -1.04. The number of benzene rings is 1. The summed E-state index contributed by atoms with van der Waals surface area (Å²) in [5.74, 6) is 0.579. The van der Waals surface area contributed by atoms with Gasteiger partial charge in [0.15, 0.2) is 0 Å². The minimum atomic E-state index is -1.04. The molecular weight excluding hydrogens is 220 g/mol. The number of unbranched alkanes of at least 4 members (excludes halogenated alkanes) is 2. The molecule has 16 heavy (non-hydrogen) atoms. The van der Waals surface area contributed by atoms with Crippen molar-refractivity contribution in [3.8, 4) is 6.07 Å². The van der Waals surface area contributed by atoms with Crippen molar-refractivity contribution in [1.82, 2.24) is 0 Å². The number of para-hydroxylation sites is 1. The highest BCUT2D eigenvalue weighted by Crippen LogP contribution is 2.20. The van der Waals surface area contributed by atoms with Crippen molar-refractivity contribution >= 4 is 16.5 Å². The Labute approximate surface area is 98.7 Å². The van der Waals surface area contributed by atoms with E-state index in [1.165, 1.54) is 0 Å². The number of nitrogen functional groups attached to an aromatic ring is 1. The Bertz CT molecular complexity index is 424. The Balaban J connectivity index is 2.60. The zero-order valence-corrected chi connectivity index (χ0v) is 10.2. The minimum absolute atomic E-state index is 0.528. The van der Waals surface area contributed by atoms with E-state index in [9.17, 15) is 4.21 Å². The molecule has 0 aliphatic carbocycles. The lowest BCUT2D eigenvalue weighted by Gasteiger charge is -2.07. The van der Waals surface area contributed by atoms with Gasteiger partial charge in [-0.1, -0.05) is 12.1 Å². The molecule has 0 bridgehead atoms. The normalized spacial score (nSPS) is 12.0. The molecular formula is C12H16N2OS. The SMILES string of the molecule is Cc1cccc(S(=O)CCCCC#N)c1N. The van der Waals surface area contributed by atoms with E-state index in [1.54, 1.807) is 0 Å². The van der Waals surface area contributed by atoms with Gasteiger partial charge in [0.2, 0.25) is 0 Å². The number of hydrogen-bond donors (Lipinski definition) is 1. The molecule has 1 unspecified atom stereocenters. The largest absolute Gasteiger partial charge is 0.398 e. The van der Waals surface area contributed by atoms with Crippen molar-refractivity contribution in [3.63, 3.8) is 0 Å². The Morgan fingerprint density at radius 1 is 1.44 bits per heavy atom. The van der Waals surface area contributed by atoms with E-state index in [1.807, 2.05) is 25.1 Å². The predicted molar refractivity (Wildman–Crippen MR) is 66.3 cm³/mol. The molecule has 86 valence electrons. The average Bonchev–Trinajstić information content (AvgIpc) is 2.28. The Morgan fingerprint density at radius 2 is 2.19 bits per heavy atom. The van der Waals surface area contributed by atoms with Crippen LogP contribution in [0.4, 0.5) is 5.69 Å². The fraction of sp³-hybridized carbons (Fsp3) is 0.417. The molecule has 1 rings (SSSR count). The first-order valence-corrected chi connectivity index (χ1v) is 6.59. The molecule has 3 nitrogen and oxygen atoms in total. The van der Waals surface area contributed by atoms with Crippen LogP contribution in [-0.4, -0.2) is 9.96 Å². The maximum absolute atomic E-state index is 11.9. The molecule has 0 fully saturated rings. The quantitative estimate of drug-likeness (QED) is 0.630. The van der Waals surface area contributed by atoms with Gasteiger partial charge in [-0.2, -0.15) is 5.26 Å². The van der Waals surface area contributed by atoms with Crippen molar-refractivity contribution in [2.75, 3.05) is 11.5 Å². The first-order chi connectivity index (χ1) is 7.66. The number of nitrogens with two attached hydrogens (primary N) is 1. The molecule has 0 aromatic heterocycles. The van der Waals surface area contributed by atoms with Crippen LogP contribution in [0.5, 0.6) is 0 Å². The number of rotatable bonds is 5. The van der Waals surface area contributed by atoms with E-state index in [4.69, 9.17) is 11.0 Å². The predicted octanol–water partition coefficient (Wildman–Crippen LogP) is 2.38. The number of anilines is 1. The topological polar surface area (TPSA) is 66.9 Å². The van der Waals surface area contributed by atoms with Gasteiger partial charge in [-0.05, 0) is 31.4 Å². The van der Waals surface area contributed by atoms with Crippen LogP contribution in [0.25, 0.3) is 0 Å². The van der Waals surface area contributed by atoms with Crippen LogP contribution in [0, 0.1) is 18.3 Å². The van der Waals surface area contributed by atoms with E-state index in [0.29, 0.717) is 17.9 Å². The molecule has 0 spiro atoms. The van der Waals surface area contributed by atoms with E-state index in [2.05, 4.69) is 6.07 Å². The third-order valence-electron chi connectivity index (χ3n) is 2.40. The zero-order chi connectivity index (χ0) is 12.0. The lowest BCUT2D eigenvalue weighted by atomic mass is 10.2. The van der Waals surface area contributed by atoms with Crippen molar-refractivity contribution in [1.29, 1.82) is 5.26 Å². The average molecular weight is 236 g/mol. The van der Waals surface area contributed by atoms with Gasteiger partial charge in [0.05, 0.1) is 27.5 Å². The number of hydrogen-bond acceptors (Lipinski definition) is 3. The van der Waals surface area contributed by atoms with Gasteiger partial charge in [-0.3, -0.25) is 4.21 Å². The first-order valence-electron chi connectivity index (χ1n) is 5.27. The second kappa shape index (κ2) is 6.29. The van der Waals surface area contributed by atoms with E-state index >= 15 is 0 Å². The molecule has 0 saturated heterocycles. The smallest absolute Gasteiger partial charge is 0.0621 e. The number of nitriles is 1. The van der Waals surface area contributed by atoms with Gasteiger partial charge in [-0.25, -0.2) is 0 Å². The van der Waals surface area contributed by atoms with Crippen LogP contribution >= 0.6 is 0 Å². The summed E-state index contributed by atoms with van der Waals surface area (Å²) in [5, 5.41) is 8.38. The highest BCUT2D eigenvalue weighted by atomic mass is 32.2. The van der Waals surface area contributed by atoms with Crippen LogP contribution in [-0.2, 0) is 10.8 Å². The zero-order valence-electron chi connectivity index (χ0n) is 9.40. The lowest BCUT2D eigenvalue weighted by molar-refractivity contribution is 0.678. The van der Waals surface area contributed by atoms with E-state index in [-0.39, 0.29) is 0 Å². The van der Waals surface area contributed by atoms with E-state index < -0.39 is 10.8 Å². The number of nitrogens with zero attached hydrogens (tertiary/aromatic N) is 1. The van der Waals surface area contributed by atoms with Gasteiger partial charge in [-0.15, -0.1) is 0 Å². The monoisotopic (exact) mass is 236 g/mol. The summed E-state index contributed by atoms with van der Waals surface area (Å²) < 4.78 is 11.9. The van der Waals surface area contributed by atoms with Gasteiger partial charge >= 0.3 is 0 Å². The van der Waals surface area contributed by atoms with Gasteiger partial charge < -0.3 is 5.73 Å². The second-order valence-corrected chi connectivity index (χ2v) is 5.19. The molecule has 0 heterocycles. The summed E-state index contributed by atoms with van der Waals surface area (Å²) in [6, 6.07) is 7.66. The highest BCUT2D eigenvalue weighted by molar-refractivity contribution is 7.85. The maximum Gasteiger partial charge on any atom is 0.0621 e. The van der Waals surface area contributed by atoms with Crippen LogP contribution in [0.1, 0.15) is 24.8 Å². The van der Waals surface area contributed by atoms with Gasteiger partial charge in [0.1, 0.15) is 0 Å². The second-order valence-electron chi connectivity index (χ2n) is 3.65. The van der Waals surface area contributed by atoms with Crippen LogP contribution in [0.3, 0.4) is 0 Å². The summed E-state index contributed by atoms with van der Waals surface area (Å²) in [4.78, 5) is 0.719. The summed E-state index contributed by atoms with van der Waals surface area (Å²) in [6.07, 6.45) is 2.13. The van der Waals surface area contributed by atoms with Crippen molar-refractivity contribution in [2.45, 2.75) is 31.1 Å². The molecule has 0 aliphatic heterocycles. The molecule has 0 saturated carbocycles. The summed E-state index contributed by atoms with van der Waals surface area (Å²) in [5.41, 5.74) is 7.46. The molecule has 1 atom stereocenters. The minimum Gasteiger partial charge on any atom is -0.398 e. The maximum atomic E-state index is 11.9. The van der Waals surface area contributed by atoms with Gasteiger partial charge in [0, 0.05) is 12.2 Å². The van der Waals surface area contributed by atoms with Crippen molar-refractivity contribution in [2.24, 2.45) is 0 Å². The van der Waals surface area contributed by atoms with Crippen LogP contribution in [0.15, 0.2) is 23.1 Å². The Morgan fingerprint density at radius 3 is 2.88 bits per heavy atom. The third kappa shape index (κ3) is 3.35. The third-order valence-corrected chi connectivity index (χ3v) is 3.90. The Kier molecular flexibility index (Phi) is 5.00. The Hall–Kier alpha value is -1.34. The van der Waals surface area contributed by atoms with E-state index in [0.717, 1.165) is 23.3 Å².